The third kappa shape index (κ3) is 3.14. The Morgan fingerprint density at radius 3 is 2.54 bits per heavy atom. The lowest BCUT2D eigenvalue weighted by atomic mass is 10.2. The average molecular weight is 373 g/mol. The van der Waals surface area contributed by atoms with Crippen molar-refractivity contribution in [3.63, 3.8) is 0 Å². The van der Waals surface area contributed by atoms with Crippen LogP contribution in [0.1, 0.15) is 5.56 Å². The van der Waals surface area contributed by atoms with Gasteiger partial charge in [0, 0.05) is 69.5 Å². The van der Waals surface area contributed by atoms with Gasteiger partial charge in [-0.2, -0.15) is 5.10 Å². The Morgan fingerprint density at radius 1 is 0.964 bits per heavy atom. The van der Waals surface area contributed by atoms with Crippen molar-refractivity contribution in [3.05, 3.63) is 66.9 Å². The summed E-state index contributed by atoms with van der Waals surface area (Å²) in [4.78, 5) is 14.2. The van der Waals surface area contributed by atoms with E-state index in [0.29, 0.717) is 0 Å². The molecule has 0 spiro atoms. The first-order valence-corrected chi connectivity index (χ1v) is 9.60. The van der Waals surface area contributed by atoms with Crippen LogP contribution in [0.15, 0.2) is 61.3 Å². The number of hydrogen-bond acceptors (Lipinski definition) is 5. The van der Waals surface area contributed by atoms with Crippen LogP contribution in [0.3, 0.4) is 0 Å². The smallest absolute Gasteiger partial charge is 0.180 e. The van der Waals surface area contributed by atoms with Crippen molar-refractivity contribution >= 4 is 11.5 Å². The van der Waals surface area contributed by atoms with Crippen LogP contribution >= 0.6 is 0 Å². The van der Waals surface area contributed by atoms with Crippen LogP contribution in [0.4, 0.5) is 5.82 Å². The van der Waals surface area contributed by atoms with E-state index in [1.807, 2.05) is 42.6 Å². The molecule has 4 aromatic rings. The number of aryl methyl sites for hydroxylation is 1. The summed E-state index contributed by atoms with van der Waals surface area (Å²) >= 11 is 0. The molecule has 0 N–H and O–H groups in total. The van der Waals surface area contributed by atoms with Gasteiger partial charge in [0.05, 0.1) is 18.1 Å². The summed E-state index contributed by atoms with van der Waals surface area (Å²) in [5.74, 6) is 0.964. The molecule has 142 valence electrons. The molecule has 3 aromatic heterocycles. The van der Waals surface area contributed by atoms with Crippen LogP contribution in [0.2, 0.25) is 0 Å². The zero-order chi connectivity index (χ0) is 18.9. The Kier molecular flexibility index (Phi) is 4.29. The molecule has 0 aliphatic carbocycles. The van der Waals surface area contributed by atoms with Crippen LogP contribution in [-0.4, -0.2) is 55.2 Å². The summed E-state index contributed by atoms with van der Waals surface area (Å²) in [5, 5.41) is 4.26. The molecule has 0 amide bonds. The van der Waals surface area contributed by atoms with E-state index >= 15 is 0 Å². The van der Waals surface area contributed by atoms with E-state index in [9.17, 15) is 0 Å². The molecule has 5 rings (SSSR count). The maximum absolute atomic E-state index is 4.69. The molecule has 28 heavy (non-hydrogen) atoms. The van der Waals surface area contributed by atoms with Gasteiger partial charge in [0.15, 0.2) is 11.5 Å². The van der Waals surface area contributed by atoms with Crippen molar-refractivity contribution in [1.29, 1.82) is 0 Å². The summed E-state index contributed by atoms with van der Waals surface area (Å²) in [5.41, 5.74) is 4.43. The molecule has 7 nitrogen and oxygen atoms in total. The number of benzene rings is 1. The molecule has 0 bridgehead atoms. The molecule has 1 saturated heterocycles. The maximum atomic E-state index is 4.69. The molecule has 0 radical (unpaired) electrons. The highest BCUT2D eigenvalue weighted by atomic mass is 15.3. The Balaban J connectivity index is 1.35. The van der Waals surface area contributed by atoms with Crippen LogP contribution in [0.25, 0.3) is 16.9 Å². The van der Waals surface area contributed by atoms with Gasteiger partial charge in [0.25, 0.3) is 0 Å². The largest absolute Gasteiger partial charge is 0.351 e. The van der Waals surface area contributed by atoms with Crippen LogP contribution in [0, 0.1) is 0 Å². The summed E-state index contributed by atoms with van der Waals surface area (Å²) in [6, 6.07) is 10.4. The number of piperazine rings is 1. The highest BCUT2D eigenvalue weighted by Gasteiger charge is 2.21. The topological polar surface area (TPSA) is 54.5 Å². The van der Waals surface area contributed by atoms with Gasteiger partial charge in [0.1, 0.15) is 0 Å². The molecule has 0 saturated carbocycles. The van der Waals surface area contributed by atoms with E-state index in [2.05, 4.69) is 54.7 Å². The van der Waals surface area contributed by atoms with E-state index in [1.54, 1.807) is 0 Å². The zero-order valence-electron chi connectivity index (χ0n) is 15.9. The highest BCUT2D eigenvalue weighted by Crippen LogP contribution is 2.25. The Morgan fingerprint density at radius 2 is 1.79 bits per heavy atom. The van der Waals surface area contributed by atoms with E-state index in [4.69, 9.17) is 4.98 Å². The molecule has 0 unspecified atom stereocenters. The van der Waals surface area contributed by atoms with Gasteiger partial charge >= 0.3 is 0 Å². The maximum Gasteiger partial charge on any atom is 0.180 e. The van der Waals surface area contributed by atoms with E-state index in [0.717, 1.165) is 55.4 Å². The minimum Gasteiger partial charge on any atom is -0.351 e. The number of anilines is 1. The zero-order valence-corrected chi connectivity index (χ0v) is 15.9. The van der Waals surface area contributed by atoms with Crippen molar-refractivity contribution in [2.45, 2.75) is 6.54 Å². The van der Waals surface area contributed by atoms with Gasteiger partial charge < -0.3 is 4.90 Å². The normalized spacial score (nSPS) is 15.4. The predicted molar refractivity (Wildman–Crippen MR) is 109 cm³/mol. The average Bonchev–Trinajstić information content (AvgIpc) is 3.35. The number of fused-ring (bicyclic) bond motifs is 1. The van der Waals surface area contributed by atoms with E-state index in [-0.39, 0.29) is 0 Å². The number of rotatable bonds is 4. The fourth-order valence-corrected chi connectivity index (χ4v) is 3.88. The van der Waals surface area contributed by atoms with Crippen molar-refractivity contribution < 1.29 is 0 Å². The van der Waals surface area contributed by atoms with Crippen LogP contribution in [-0.2, 0) is 13.6 Å². The predicted octanol–water partition coefficient (Wildman–Crippen LogP) is 2.45. The van der Waals surface area contributed by atoms with Crippen molar-refractivity contribution in [3.8, 4) is 11.3 Å². The van der Waals surface area contributed by atoms with Crippen molar-refractivity contribution in [1.82, 2.24) is 29.0 Å². The second-order valence-corrected chi connectivity index (χ2v) is 7.24. The summed E-state index contributed by atoms with van der Waals surface area (Å²) in [7, 11) is 1.96. The number of aromatic nitrogens is 5. The second-order valence-electron chi connectivity index (χ2n) is 7.24. The van der Waals surface area contributed by atoms with Crippen LogP contribution < -0.4 is 4.90 Å². The SMILES string of the molecule is Cn1cc(CN2CCN(c3nccn4c(-c5ccccc5)cnc34)CC2)cn1. The second kappa shape index (κ2) is 7.09. The van der Waals surface area contributed by atoms with Gasteiger partial charge in [-0.15, -0.1) is 0 Å². The molecular weight excluding hydrogens is 350 g/mol. The molecule has 7 heteroatoms. The molecule has 1 aliphatic heterocycles. The van der Waals surface area contributed by atoms with E-state index < -0.39 is 0 Å². The van der Waals surface area contributed by atoms with Gasteiger partial charge in [-0.1, -0.05) is 30.3 Å². The Hall–Kier alpha value is -3.19. The fraction of sp³-hybridized carbons (Fsp3) is 0.286. The number of imidazole rings is 1. The van der Waals surface area contributed by atoms with Crippen molar-refractivity contribution in [2.24, 2.45) is 7.05 Å². The number of hydrogen-bond donors (Lipinski definition) is 0. The minimum atomic E-state index is 0.919. The standard InChI is InChI=1S/C21H23N7/c1-25-15-17(13-24-25)16-26-9-11-27(12-10-26)20-21-23-14-19(28(21)8-7-22-20)18-5-3-2-4-6-18/h2-8,13-15H,9-12,16H2,1H3. The summed E-state index contributed by atoms with van der Waals surface area (Å²) in [6.45, 7) is 4.84. The first-order valence-electron chi connectivity index (χ1n) is 9.60. The monoisotopic (exact) mass is 373 g/mol. The lowest BCUT2D eigenvalue weighted by Gasteiger charge is -2.35. The van der Waals surface area contributed by atoms with Crippen molar-refractivity contribution in [2.75, 3.05) is 31.1 Å². The van der Waals surface area contributed by atoms with Crippen LogP contribution in [0.5, 0.6) is 0 Å². The van der Waals surface area contributed by atoms with E-state index in [1.165, 1.54) is 5.56 Å². The third-order valence-electron chi connectivity index (χ3n) is 5.32. The van der Waals surface area contributed by atoms with Gasteiger partial charge in [0.2, 0.25) is 0 Å². The molecule has 1 aromatic carbocycles. The molecule has 4 heterocycles. The quantitative estimate of drug-likeness (QED) is 0.550. The lowest BCUT2D eigenvalue weighted by Crippen LogP contribution is -2.46. The van der Waals surface area contributed by atoms with Gasteiger partial charge in [-0.05, 0) is 0 Å². The minimum absolute atomic E-state index is 0.919. The van der Waals surface area contributed by atoms with Gasteiger partial charge in [-0.25, -0.2) is 9.97 Å². The molecule has 0 atom stereocenters. The fourth-order valence-electron chi connectivity index (χ4n) is 3.88. The summed E-state index contributed by atoms with van der Waals surface area (Å²) in [6.07, 6.45) is 9.84. The lowest BCUT2D eigenvalue weighted by molar-refractivity contribution is 0.249. The Bertz CT molecular complexity index is 1070. The highest BCUT2D eigenvalue weighted by molar-refractivity contribution is 5.71. The number of nitrogens with zero attached hydrogens (tertiary/aromatic N) is 7. The summed E-state index contributed by atoms with van der Waals surface area (Å²) < 4.78 is 4.00. The Labute approximate surface area is 163 Å². The molecule has 1 fully saturated rings. The first kappa shape index (κ1) is 16.9. The molecular formula is C21H23N7. The first-order chi connectivity index (χ1) is 13.8. The van der Waals surface area contributed by atoms with Gasteiger partial charge in [-0.3, -0.25) is 14.0 Å². The third-order valence-corrected chi connectivity index (χ3v) is 5.32. The molecule has 1 aliphatic rings.